The predicted octanol–water partition coefficient (Wildman–Crippen LogP) is -1.65. The van der Waals surface area contributed by atoms with E-state index in [1.807, 2.05) is 0 Å². The number of carboxylic acid groups (broad SMARTS) is 1. The molecule has 1 atom stereocenters. The van der Waals surface area contributed by atoms with Gasteiger partial charge in [-0.25, -0.2) is 0 Å². The third-order valence-corrected chi connectivity index (χ3v) is 0.738. The van der Waals surface area contributed by atoms with Gasteiger partial charge in [0.05, 0.1) is 6.42 Å². The van der Waals surface area contributed by atoms with Gasteiger partial charge in [0.25, 0.3) is 0 Å². The number of hydrogen-bond donors (Lipinski definition) is 3. The number of hydrogen-bond acceptors (Lipinski definition) is 3. The second-order valence-electron chi connectivity index (χ2n) is 1.62. The lowest BCUT2D eigenvalue weighted by atomic mass is 10.2. The Kier molecular flexibility index (Phi) is 5.54. The molecule has 0 saturated heterocycles. The number of nitrogens with two attached hydrogens (primary N) is 2. The highest BCUT2D eigenvalue weighted by Crippen LogP contribution is 1.84. The monoisotopic (exact) mass is 144 g/mol. The minimum atomic E-state index is -1.21. The Morgan fingerprint density at radius 2 is 1.90 bits per heavy atom. The fraction of sp³-hybridized carbons (Fsp3) is 0.400. The molecule has 56 valence electrons. The minimum absolute atomic E-state index is 0. The summed E-state index contributed by atoms with van der Waals surface area (Å²) in [7, 11) is 0. The number of carbonyl (C=O) groups excluding carboxylic acids is 1. The molecule has 0 aliphatic rings. The molecule has 10 heavy (non-hydrogen) atoms. The number of aliphatic carboxylic acids is 1. The Morgan fingerprint density at radius 1 is 1.50 bits per heavy atom. The molecule has 0 aliphatic heterocycles. The lowest BCUT2D eigenvalue weighted by Crippen LogP contribution is -2.34. The van der Waals surface area contributed by atoms with Gasteiger partial charge in [-0.15, -0.1) is 0 Å². The van der Waals surface area contributed by atoms with Crippen LogP contribution < -0.4 is 11.5 Å². The van der Waals surface area contributed by atoms with Crippen LogP contribution in [-0.4, -0.2) is 23.0 Å². The summed E-state index contributed by atoms with van der Waals surface area (Å²) >= 11 is 0. The smallest absolute Gasteiger partial charge is 0.321 e. The molecule has 0 unspecified atom stereocenters. The van der Waals surface area contributed by atoms with Crippen molar-refractivity contribution in [2.24, 2.45) is 11.5 Å². The summed E-state index contributed by atoms with van der Waals surface area (Å²) in [6.45, 7) is 0. The van der Waals surface area contributed by atoms with Crippen molar-refractivity contribution < 1.29 is 14.7 Å². The van der Waals surface area contributed by atoms with E-state index in [-0.39, 0.29) is 13.8 Å². The van der Waals surface area contributed by atoms with E-state index in [0.717, 1.165) is 0 Å². The summed E-state index contributed by atoms with van der Waals surface area (Å²) < 4.78 is 0. The van der Waals surface area contributed by atoms with Crippen LogP contribution in [0.5, 0.6) is 0 Å². The van der Waals surface area contributed by atoms with Gasteiger partial charge in [-0.1, -0.05) is 0 Å². The maximum Gasteiger partial charge on any atom is 0.321 e. The van der Waals surface area contributed by atoms with Crippen LogP contribution in [0.2, 0.25) is 0 Å². The summed E-state index contributed by atoms with van der Waals surface area (Å²) in [5, 5.41) is 8.10. The van der Waals surface area contributed by atoms with Gasteiger partial charge in [0, 0.05) is 7.43 Å². The molecule has 0 aromatic rings. The zero-order valence-corrected chi connectivity index (χ0v) is 5.20. The van der Waals surface area contributed by atoms with Crippen molar-refractivity contribution in [3.8, 4) is 0 Å². The van der Waals surface area contributed by atoms with E-state index in [4.69, 9.17) is 10.8 Å². The molecular formula is C5H8N2O3. The molecule has 0 aromatic carbocycles. The Bertz CT molecular complexity index is 135. The average Bonchev–Trinajstić information content (AvgIpc) is 1.63. The van der Waals surface area contributed by atoms with Gasteiger partial charge < -0.3 is 16.6 Å². The van der Waals surface area contributed by atoms with Gasteiger partial charge in [-0.2, -0.15) is 0 Å². The van der Waals surface area contributed by atoms with Crippen molar-refractivity contribution in [3.63, 3.8) is 0 Å². The molecule has 4 radical (unpaired) electrons. The van der Waals surface area contributed by atoms with E-state index in [1.165, 1.54) is 0 Å². The molecule has 0 saturated carbocycles. The first kappa shape index (κ1) is 11.7. The van der Waals surface area contributed by atoms with E-state index in [9.17, 15) is 9.59 Å². The Labute approximate surface area is 59.0 Å². The first-order chi connectivity index (χ1) is 4.04. The van der Waals surface area contributed by atoms with Gasteiger partial charge in [-0.05, 0) is 0 Å². The highest BCUT2D eigenvalue weighted by molar-refractivity contribution is 5.82. The van der Waals surface area contributed by atoms with Crippen molar-refractivity contribution in [3.05, 3.63) is 7.43 Å². The van der Waals surface area contributed by atoms with E-state index >= 15 is 0 Å². The quantitative estimate of drug-likeness (QED) is 0.441. The van der Waals surface area contributed by atoms with Crippen LogP contribution in [0.25, 0.3) is 0 Å². The zero-order valence-electron chi connectivity index (χ0n) is 5.20. The Hall–Kier alpha value is -1.10. The molecule has 1 amide bonds. The molecule has 0 fully saturated rings. The first-order valence-corrected chi connectivity index (χ1v) is 2.30. The van der Waals surface area contributed by atoms with Crippen LogP contribution in [-0.2, 0) is 9.59 Å². The second kappa shape index (κ2) is 4.75. The van der Waals surface area contributed by atoms with Crippen LogP contribution in [0.3, 0.4) is 0 Å². The lowest BCUT2D eigenvalue weighted by molar-refractivity contribution is -0.140. The molecule has 0 aliphatic carbocycles. The third kappa shape index (κ3) is 5.04. The van der Waals surface area contributed by atoms with Crippen LogP contribution in [0.1, 0.15) is 6.42 Å². The van der Waals surface area contributed by atoms with Gasteiger partial charge in [0.15, 0.2) is 0 Å². The topological polar surface area (TPSA) is 106 Å². The highest BCUT2D eigenvalue weighted by Gasteiger charge is 2.13. The van der Waals surface area contributed by atoms with Crippen molar-refractivity contribution in [1.29, 1.82) is 0 Å². The van der Waals surface area contributed by atoms with Gasteiger partial charge in [0.1, 0.15) is 6.04 Å². The first-order valence-electron chi connectivity index (χ1n) is 2.30. The molecule has 0 heterocycles. The molecule has 0 aromatic heterocycles. The van der Waals surface area contributed by atoms with Crippen LogP contribution in [0.4, 0.5) is 0 Å². The van der Waals surface area contributed by atoms with E-state index < -0.39 is 17.9 Å². The van der Waals surface area contributed by atoms with Crippen molar-refractivity contribution in [2.75, 3.05) is 0 Å². The van der Waals surface area contributed by atoms with E-state index in [2.05, 4.69) is 5.73 Å². The highest BCUT2D eigenvalue weighted by atomic mass is 16.4. The Morgan fingerprint density at radius 3 is 2.00 bits per heavy atom. The van der Waals surface area contributed by atoms with Gasteiger partial charge in [0.2, 0.25) is 5.91 Å². The van der Waals surface area contributed by atoms with Crippen LogP contribution >= 0.6 is 0 Å². The number of carbonyl (C=O) groups is 2. The largest absolute Gasteiger partial charge is 0.480 e. The molecular weight excluding hydrogens is 136 g/mol. The summed E-state index contributed by atoms with van der Waals surface area (Å²) in [5.41, 5.74) is 9.57. The fourth-order valence-electron chi connectivity index (χ4n) is 0.304. The summed E-state index contributed by atoms with van der Waals surface area (Å²) in [5.74, 6) is -1.92. The maximum atomic E-state index is 9.99. The predicted molar refractivity (Wildman–Crippen MR) is 32.7 cm³/mol. The minimum Gasteiger partial charge on any atom is -0.480 e. The molecule has 0 spiro atoms. The van der Waals surface area contributed by atoms with Crippen molar-refractivity contribution in [1.82, 2.24) is 0 Å². The van der Waals surface area contributed by atoms with Crippen molar-refractivity contribution >= 4 is 11.9 Å². The zero-order chi connectivity index (χ0) is 7.44. The lowest BCUT2D eigenvalue weighted by Gasteiger charge is -1.99. The van der Waals surface area contributed by atoms with E-state index in [0.29, 0.717) is 0 Å². The number of primary amides is 1. The number of rotatable bonds is 3. The molecule has 5 N–H and O–H groups in total. The SMILES string of the molecule is NC(=O)C[C@H](N)C(=O)O.[C]. The fourth-order valence-corrected chi connectivity index (χ4v) is 0.304. The summed E-state index contributed by atoms with van der Waals surface area (Å²) in [4.78, 5) is 19.9. The van der Waals surface area contributed by atoms with Crippen LogP contribution in [0, 0.1) is 7.43 Å². The molecule has 0 rings (SSSR count). The van der Waals surface area contributed by atoms with E-state index in [1.54, 1.807) is 0 Å². The average molecular weight is 144 g/mol. The third-order valence-electron chi connectivity index (χ3n) is 0.738. The molecule has 5 nitrogen and oxygen atoms in total. The Balaban J connectivity index is 0. The van der Waals surface area contributed by atoms with Gasteiger partial charge in [-0.3, -0.25) is 9.59 Å². The standard InChI is InChI=1S/C4H8N2O3.C/c5-2(4(8)9)1-3(6)7;/h2H,1,5H2,(H2,6,7)(H,8,9);/t2-;/m0./s1. The van der Waals surface area contributed by atoms with Crippen LogP contribution in [0.15, 0.2) is 0 Å². The summed E-state index contributed by atoms with van der Waals surface area (Å²) in [6.07, 6.45) is -0.310. The molecule has 0 bridgehead atoms. The summed E-state index contributed by atoms with van der Waals surface area (Å²) in [6, 6.07) is -1.16. The molecule has 5 heteroatoms. The maximum absolute atomic E-state index is 9.99. The number of amides is 1. The van der Waals surface area contributed by atoms with Crippen molar-refractivity contribution in [2.45, 2.75) is 12.5 Å². The second-order valence-corrected chi connectivity index (χ2v) is 1.62. The van der Waals surface area contributed by atoms with Gasteiger partial charge >= 0.3 is 5.97 Å². The normalized spacial score (nSPS) is 11.3. The number of carboxylic acids is 1.